The predicted molar refractivity (Wildman–Crippen MR) is 71.0 cm³/mol. The third-order valence-electron chi connectivity index (χ3n) is 3.32. The molecule has 5 heteroatoms. The van der Waals surface area contributed by atoms with Crippen LogP contribution in [0.5, 0.6) is 0 Å². The van der Waals surface area contributed by atoms with Gasteiger partial charge in [-0.2, -0.15) is 0 Å². The van der Waals surface area contributed by atoms with Crippen molar-refractivity contribution in [1.82, 2.24) is 10.2 Å². The molecule has 1 saturated heterocycles. The summed E-state index contributed by atoms with van der Waals surface area (Å²) in [5.41, 5.74) is 0.713. The van der Waals surface area contributed by atoms with Gasteiger partial charge in [0.05, 0.1) is 0 Å². The molecular formula is C13H19ClF2N2. The van der Waals surface area contributed by atoms with Gasteiger partial charge in [0, 0.05) is 18.7 Å². The van der Waals surface area contributed by atoms with E-state index in [-0.39, 0.29) is 12.4 Å². The minimum atomic E-state index is -0.495. The summed E-state index contributed by atoms with van der Waals surface area (Å²) in [5.74, 6) is -0.991. The molecule has 18 heavy (non-hydrogen) atoms. The van der Waals surface area contributed by atoms with Crippen molar-refractivity contribution in [1.29, 1.82) is 0 Å². The molecule has 0 radical (unpaired) electrons. The Bertz CT molecular complexity index is 359. The van der Waals surface area contributed by atoms with Crippen LogP contribution >= 0.6 is 12.4 Å². The summed E-state index contributed by atoms with van der Waals surface area (Å²) in [6, 6.07) is 4.31. The van der Waals surface area contributed by atoms with Gasteiger partial charge < -0.3 is 5.32 Å². The van der Waals surface area contributed by atoms with Gasteiger partial charge in [0.15, 0.2) is 0 Å². The molecular weight excluding hydrogens is 258 g/mol. The van der Waals surface area contributed by atoms with Crippen molar-refractivity contribution in [2.24, 2.45) is 0 Å². The van der Waals surface area contributed by atoms with Crippen molar-refractivity contribution < 1.29 is 8.78 Å². The molecule has 1 N–H and O–H groups in total. The standard InChI is InChI=1S/C13H18F2N2.ClH/c1-16-13-2-4-17(5-3-13)9-10-6-11(14)8-12(15)7-10;/h6-8,13,16H,2-5,9H2,1H3;1H. The fourth-order valence-corrected chi connectivity index (χ4v) is 2.34. The highest BCUT2D eigenvalue weighted by Crippen LogP contribution is 2.15. The van der Waals surface area contributed by atoms with Gasteiger partial charge in [0.2, 0.25) is 0 Å². The lowest BCUT2D eigenvalue weighted by molar-refractivity contribution is 0.194. The van der Waals surface area contributed by atoms with E-state index in [0.29, 0.717) is 18.2 Å². The van der Waals surface area contributed by atoms with Gasteiger partial charge in [-0.3, -0.25) is 4.90 Å². The molecule has 2 rings (SSSR count). The van der Waals surface area contributed by atoms with E-state index < -0.39 is 11.6 Å². The Morgan fingerprint density at radius 3 is 2.22 bits per heavy atom. The normalized spacial score (nSPS) is 17.5. The number of rotatable bonds is 3. The van der Waals surface area contributed by atoms with Gasteiger partial charge in [-0.05, 0) is 50.7 Å². The summed E-state index contributed by atoms with van der Waals surface area (Å²) in [6.07, 6.45) is 2.18. The molecule has 0 amide bonds. The highest BCUT2D eigenvalue weighted by Gasteiger charge is 2.17. The molecule has 1 aliphatic heterocycles. The van der Waals surface area contributed by atoms with E-state index in [1.54, 1.807) is 0 Å². The lowest BCUT2D eigenvalue weighted by Crippen LogP contribution is -2.40. The average molecular weight is 277 g/mol. The number of piperidine rings is 1. The van der Waals surface area contributed by atoms with E-state index in [1.165, 1.54) is 12.1 Å². The van der Waals surface area contributed by atoms with Crippen molar-refractivity contribution in [3.63, 3.8) is 0 Å². The molecule has 1 aliphatic rings. The van der Waals surface area contributed by atoms with E-state index in [9.17, 15) is 8.78 Å². The zero-order chi connectivity index (χ0) is 12.3. The summed E-state index contributed by atoms with van der Waals surface area (Å²) in [7, 11) is 1.97. The Kier molecular flexibility index (Phi) is 5.99. The molecule has 0 unspecified atom stereocenters. The quantitative estimate of drug-likeness (QED) is 0.913. The van der Waals surface area contributed by atoms with Gasteiger partial charge in [0.25, 0.3) is 0 Å². The average Bonchev–Trinajstić information content (AvgIpc) is 2.28. The Labute approximate surface area is 113 Å². The van der Waals surface area contributed by atoms with Gasteiger partial charge >= 0.3 is 0 Å². The van der Waals surface area contributed by atoms with Crippen LogP contribution < -0.4 is 5.32 Å². The molecule has 0 aliphatic carbocycles. The van der Waals surface area contributed by atoms with Crippen LogP contribution in [-0.4, -0.2) is 31.1 Å². The molecule has 1 heterocycles. The molecule has 0 aromatic heterocycles. The highest BCUT2D eigenvalue weighted by molar-refractivity contribution is 5.85. The fourth-order valence-electron chi connectivity index (χ4n) is 2.34. The number of hydrogen-bond donors (Lipinski definition) is 1. The van der Waals surface area contributed by atoms with Crippen molar-refractivity contribution in [2.75, 3.05) is 20.1 Å². The molecule has 0 atom stereocenters. The lowest BCUT2D eigenvalue weighted by atomic mass is 10.0. The maximum atomic E-state index is 13.0. The van der Waals surface area contributed by atoms with E-state index in [4.69, 9.17) is 0 Å². The maximum absolute atomic E-state index is 13.0. The van der Waals surface area contributed by atoms with E-state index in [0.717, 1.165) is 32.0 Å². The second-order valence-electron chi connectivity index (χ2n) is 4.62. The first-order chi connectivity index (χ1) is 8.17. The zero-order valence-corrected chi connectivity index (χ0v) is 11.3. The minimum Gasteiger partial charge on any atom is -0.317 e. The number of nitrogens with one attached hydrogen (secondary N) is 1. The Balaban J connectivity index is 0.00000162. The van der Waals surface area contributed by atoms with Crippen molar-refractivity contribution >= 4 is 12.4 Å². The molecule has 1 fully saturated rings. The van der Waals surface area contributed by atoms with Crippen molar-refractivity contribution in [3.8, 4) is 0 Å². The number of likely N-dealkylation sites (tertiary alicyclic amines) is 1. The first kappa shape index (κ1) is 15.3. The summed E-state index contributed by atoms with van der Waals surface area (Å²) in [6.45, 7) is 2.58. The molecule has 1 aromatic carbocycles. The number of benzene rings is 1. The SMILES string of the molecule is CNC1CCN(Cc2cc(F)cc(F)c2)CC1.Cl. The molecule has 1 aromatic rings. The van der Waals surface area contributed by atoms with Crippen LogP contribution in [0.2, 0.25) is 0 Å². The smallest absolute Gasteiger partial charge is 0.126 e. The van der Waals surface area contributed by atoms with Gasteiger partial charge in [-0.15, -0.1) is 12.4 Å². The van der Waals surface area contributed by atoms with Crippen LogP contribution in [0, 0.1) is 11.6 Å². The van der Waals surface area contributed by atoms with Gasteiger partial charge in [-0.25, -0.2) is 8.78 Å². The van der Waals surface area contributed by atoms with Crippen molar-refractivity contribution in [3.05, 3.63) is 35.4 Å². The lowest BCUT2D eigenvalue weighted by Gasteiger charge is -2.31. The second kappa shape index (κ2) is 7.02. The summed E-state index contributed by atoms with van der Waals surface area (Å²) < 4.78 is 26.1. The third kappa shape index (κ3) is 4.19. The minimum absolute atomic E-state index is 0. The van der Waals surface area contributed by atoms with Gasteiger partial charge in [0.1, 0.15) is 11.6 Å². The Hall–Kier alpha value is -0.710. The highest BCUT2D eigenvalue weighted by atomic mass is 35.5. The zero-order valence-electron chi connectivity index (χ0n) is 10.5. The largest absolute Gasteiger partial charge is 0.317 e. The van der Waals surface area contributed by atoms with Crippen LogP contribution in [-0.2, 0) is 6.54 Å². The third-order valence-corrected chi connectivity index (χ3v) is 3.32. The molecule has 102 valence electrons. The predicted octanol–water partition coefficient (Wildman–Crippen LogP) is 2.57. The van der Waals surface area contributed by atoms with Crippen LogP contribution in [0.1, 0.15) is 18.4 Å². The first-order valence-corrected chi connectivity index (χ1v) is 6.02. The number of nitrogens with zero attached hydrogens (tertiary/aromatic N) is 1. The maximum Gasteiger partial charge on any atom is 0.126 e. The Morgan fingerprint density at radius 2 is 1.72 bits per heavy atom. The van der Waals surface area contributed by atoms with Crippen LogP contribution in [0.4, 0.5) is 8.78 Å². The Morgan fingerprint density at radius 1 is 1.17 bits per heavy atom. The number of halogens is 3. The fraction of sp³-hybridized carbons (Fsp3) is 0.538. The molecule has 2 nitrogen and oxygen atoms in total. The summed E-state index contributed by atoms with van der Waals surface area (Å²) in [5, 5.41) is 3.26. The first-order valence-electron chi connectivity index (χ1n) is 6.02. The van der Waals surface area contributed by atoms with Gasteiger partial charge in [-0.1, -0.05) is 0 Å². The van der Waals surface area contributed by atoms with Crippen LogP contribution in [0.3, 0.4) is 0 Å². The molecule has 0 spiro atoms. The van der Waals surface area contributed by atoms with Crippen LogP contribution in [0.25, 0.3) is 0 Å². The monoisotopic (exact) mass is 276 g/mol. The van der Waals surface area contributed by atoms with Crippen molar-refractivity contribution in [2.45, 2.75) is 25.4 Å². The van der Waals surface area contributed by atoms with E-state index in [1.807, 2.05) is 7.05 Å². The molecule has 0 saturated carbocycles. The molecule has 0 bridgehead atoms. The van der Waals surface area contributed by atoms with Crippen LogP contribution in [0.15, 0.2) is 18.2 Å². The van der Waals surface area contributed by atoms with E-state index in [2.05, 4.69) is 10.2 Å². The topological polar surface area (TPSA) is 15.3 Å². The van der Waals surface area contributed by atoms with E-state index >= 15 is 0 Å². The second-order valence-corrected chi connectivity index (χ2v) is 4.62. The summed E-state index contributed by atoms with van der Waals surface area (Å²) >= 11 is 0. The number of hydrogen-bond acceptors (Lipinski definition) is 2. The summed E-state index contributed by atoms with van der Waals surface area (Å²) in [4.78, 5) is 2.24.